The summed E-state index contributed by atoms with van der Waals surface area (Å²) in [6.45, 7) is 2.66. The van der Waals surface area contributed by atoms with E-state index in [0.717, 1.165) is 33.4 Å². The van der Waals surface area contributed by atoms with Gasteiger partial charge in [-0.3, -0.25) is 4.98 Å². The van der Waals surface area contributed by atoms with Crippen molar-refractivity contribution in [2.45, 2.75) is 19.2 Å². The number of pyridine rings is 1. The third-order valence-corrected chi connectivity index (χ3v) is 4.60. The molecule has 1 aromatic heterocycles. The average molecular weight is 340 g/mol. The highest BCUT2D eigenvalue weighted by Gasteiger charge is 2.05. The molecule has 0 saturated carbocycles. The number of aryl methyl sites for hydroxylation is 1. The van der Waals surface area contributed by atoms with Crippen molar-refractivity contribution in [3.63, 3.8) is 0 Å². The Morgan fingerprint density at radius 3 is 2.62 bits per heavy atom. The van der Waals surface area contributed by atoms with E-state index in [1.807, 2.05) is 43.3 Å². The Hall–Kier alpha value is -2.40. The van der Waals surface area contributed by atoms with Crippen LogP contribution in [-0.2, 0) is 22.1 Å². The highest BCUT2D eigenvalue weighted by molar-refractivity contribution is 7.89. The van der Waals surface area contributed by atoms with Gasteiger partial charge in [0.05, 0.1) is 11.3 Å². The molecule has 1 heterocycles. The monoisotopic (exact) mass is 340 g/mol. The van der Waals surface area contributed by atoms with Crippen molar-refractivity contribution in [3.8, 4) is 0 Å². The highest BCUT2D eigenvalue weighted by Crippen LogP contribution is 2.17. The molecule has 0 aliphatic rings. The van der Waals surface area contributed by atoms with Crippen LogP contribution in [0.1, 0.15) is 16.8 Å². The lowest BCUT2D eigenvalue weighted by atomic mass is 10.1. The number of hydrogen-bond donors (Lipinski definition) is 1. The van der Waals surface area contributed by atoms with E-state index in [9.17, 15) is 8.42 Å². The molecule has 5 heteroatoms. The van der Waals surface area contributed by atoms with Crippen LogP contribution < -0.4 is 5.32 Å². The first-order valence-corrected chi connectivity index (χ1v) is 9.82. The molecule has 0 aliphatic heterocycles. The highest BCUT2D eigenvalue weighted by atomic mass is 32.2. The standard InChI is InChI=1S/C19H20N2O2S/c1-14-6-8-17-10-15(7-9-19(17)21-14)12-20-18-5-3-4-16(11-18)13-24(2,22)23/h3-11,20H,12-13H2,1-2H3. The summed E-state index contributed by atoms with van der Waals surface area (Å²) in [4.78, 5) is 4.50. The van der Waals surface area contributed by atoms with Crippen LogP contribution >= 0.6 is 0 Å². The molecule has 0 atom stereocenters. The Bertz CT molecular complexity index is 982. The topological polar surface area (TPSA) is 59.1 Å². The summed E-state index contributed by atoms with van der Waals surface area (Å²) in [7, 11) is -3.02. The number of hydrogen-bond acceptors (Lipinski definition) is 4. The predicted octanol–water partition coefficient (Wildman–Crippen LogP) is 3.70. The molecule has 24 heavy (non-hydrogen) atoms. The molecule has 124 valence electrons. The zero-order valence-corrected chi connectivity index (χ0v) is 14.6. The van der Waals surface area contributed by atoms with Crippen molar-refractivity contribution in [3.05, 3.63) is 71.4 Å². The van der Waals surface area contributed by atoms with E-state index in [4.69, 9.17) is 0 Å². The normalized spacial score (nSPS) is 11.6. The van der Waals surface area contributed by atoms with Gasteiger partial charge in [-0.05, 0) is 48.4 Å². The number of nitrogens with one attached hydrogen (secondary N) is 1. The summed E-state index contributed by atoms with van der Waals surface area (Å²) >= 11 is 0. The molecule has 0 radical (unpaired) electrons. The summed E-state index contributed by atoms with van der Waals surface area (Å²) in [6.07, 6.45) is 1.25. The predicted molar refractivity (Wildman–Crippen MR) is 98.8 cm³/mol. The second-order valence-corrected chi connectivity index (χ2v) is 8.24. The number of benzene rings is 2. The van der Waals surface area contributed by atoms with Gasteiger partial charge in [0.25, 0.3) is 0 Å². The SMILES string of the molecule is Cc1ccc2cc(CNc3cccc(CS(C)(=O)=O)c3)ccc2n1. The van der Waals surface area contributed by atoms with Crippen LogP contribution in [0, 0.1) is 6.92 Å². The quantitative estimate of drug-likeness (QED) is 0.769. The van der Waals surface area contributed by atoms with Crippen LogP contribution in [0.25, 0.3) is 10.9 Å². The molecule has 3 rings (SSSR count). The molecule has 0 unspecified atom stereocenters. The van der Waals surface area contributed by atoms with Gasteiger partial charge in [-0.2, -0.15) is 0 Å². The van der Waals surface area contributed by atoms with E-state index >= 15 is 0 Å². The summed E-state index contributed by atoms with van der Waals surface area (Å²) < 4.78 is 22.8. The van der Waals surface area contributed by atoms with Gasteiger partial charge in [-0.25, -0.2) is 8.42 Å². The average Bonchev–Trinajstić information content (AvgIpc) is 2.51. The van der Waals surface area contributed by atoms with Crippen molar-refractivity contribution >= 4 is 26.4 Å². The van der Waals surface area contributed by atoms with Crippen molar-refractivity contribution in [1.82, 2.24) is 4.98 Å². The van der Waals surface area contributed by atoms with Crippen LogP contribution in [0.4, 0.5) is 5.69 Å². The third-order valence-electron chi connectivity index (χ3n) is 3.75. The fraction of sp³-hybridized carbons (Fsp3) is 0.211. The molecule has 4 nitrogen and oxygen atoms in total. The van der Waals surface area contributed by atoms with E-state index in [-0.39, 0.29) is 5.75 Å². The molecular formula is C19H20N2O2S. The van der Waals surface area contributed by atoms with E-state index < -0.39 is 9.84 Å². The van der Waals surface area contributed by atoms with Gasteiger partial charge in [-0.1, -0.05) is 24.3 Å². The molecule has 0 fully saturated rings. The first-order valence-electron chi connectivity index (χ1n) is 7.76. The summed E-state index contributed by atoms with van der Waals surface area (Å²) in [6, 6.07) is 17.8. The maximum atomic E-state index is 11.4. The minimum atomic E-state index is -3.02. The maximum Gasteiger partial charge on any atom is 0.151 e. The number of anilines is 1. The number of nitrogens with zero attached hydrogens (tertiary/aromatic N) is 1. The van der Waals surface area contributed by atoms with Gasteiger partial charge in [0, 0.05) is 29.6 Å². The zero-order valence-electron chi connectivity index (χ0n) is 13.8. The zero-order chi connectivity index (χ0) is 17.2. The van der Waals surface area contributed by atoms with E-state index in [0.29, 0.717) is 6.54 Å². The van der Waals surface area contributed by atoms with E-state index in [1.165, 1.54) is 6.26 Å². The summed E-state index contributed by atoms with van der Waals surface area (Å²) in [5.74, 6) is 0.0590. The number of fused-ring (bicyclic) bond motifs is 1. The van der Waals surface area contributed by atoms with Crippen molar-refractivity contribution in [2.75, 3.05) is 11.6 Å². The molecular weight excluding hydrogens is 320 g/mol. The Morgan fingerprint density at radius 2 is 1.83 bits per heavy atom. The number of aromatic nitrogens is 1. The van der Waals surface area contributed by atoms with Gasteiger partial charge in [0.1, 0.15) is 0 Å². The number of sulfone groups is 1. The molecule has 0 aliphatic carbocycles. The molecule has 2 aromatic carbocycles. The fourth-order valence-electron chi connectivity index (χ4n) is 2.66. The molecule has 0 saturated heterocycles. The van der Waals surface area contributed by atoms with Gasteiger partial charge in [0.2, 0.25) is 0 Å². The van der Waals surface area contributed by atoms with Gasteiger partial charge < -0.3 is 5.32 Å². The molecule has 0 spiro atoms. The third kappa shape index (κ3) is 4.32. The van der Waals surface area contributed by atoms with E-state index in [1.54, 1.807) is 0 Å². The molecule has 0 bridgehead atoms. The molecule has 3 aromatic rings. The van der Waals surface area contributed by atoms with Crippen LogP contribution in [0.3, 0.4) is 0 Å². The lowest BCUT2D eigenvalue weighted by Gasteiger charge is -2.09. The lowest BCUT2D eigenvalue weighted by molar-refractivity contribution is 0.601. The summed E-state index contributed by atoms with van der Waals surface area (Å²) in [5.41, 5.74) is 4.87. The lowest BCUT2D eigenvalue weighted by Crippen LogP contribution is -2.03. The van der Waals surface area contributed by atoms with E-state index in [2.05, 4.69) is 28.5 Å². The Labute approximate surface area is 142 Å². The van der Waals surface area contributed by atoms with Crippen LogP contribution in [-0.4, -0.2) is 19.7 Å². The van der Waals surface area contributed by atoms with Crippen molar-refractivity contribution in [2.24, 2.45) is 0 Å². The van der Waals surface area contributed by atoms with Crippen LogP contribution in [0.5, 0.6) is 0 Å². The van der Waals surface area contributed by atoms with Crippen LogP contribution in [0.15, 0.2) is 54.6 Å². The second-order valence-electron chi connectivity index (χ2n) is 6.10. The number of rotatable bonds is 5. The smallest absolute Gasteiger partial charge is 0.151 e. The van der Waals surface area contributed by atoms with Gasteiger partial charge in [0.15, 0.2) is 9.84 Å². The van der Waals surface area contributed by atoms with Crippen molar-refractivity contribution in [1.29, 1.82) is 0 Å². The minimum Gasteiger partial charge on any atom is -0.381 e. The Balaban J connectivity index is 1.73. The van der Waals surface area contributed by atoms with Gasteiger partial charge in [-0.15, -0.1) is 0 Å². The Morgan fingerprint density at radius 1 is 1.00 bits per heavy atom. The fourth-order valence-corrected chi connectivity index (χ4v) is 3.45. The van der Waals surface area contributed by atoms with Crippen LogP contribution in [0.2, 0.25) is 0 Å². The second kappa shape index (κ2) is 6.61. The van der Waals surface area contributed by atoms with Crippen molar-refractivity contribution < 1.29 is 8.42 Å². The first kappa shape index (κ1) is 16.5. The molecule has 1 N–H and O–H groups in total. The Kier molecular flexibility index (Phi) is 4.53. The van der Waals surface area contributed by atoms with Gasteiger partial charge >= 0.3 is 0 Å². The first-order chi connectivity index (χ1) is 11.4. The minimum absolute atomic E-state index is 0.0590. The molecule has 0 amide bonds. The summed E-state index contributed by atoms with van der Waals surface area (Å²) in [5, 5.41) is 4.46. The maximum absolute atomic E-state index is 11.4. The largest absolute Gasteiger partial charge is 0.381 e.